The Morgan fingerprint density at radius 2 is 2.00 bits per heavy atom. The number of nitrogens with zero attached hydrogens (tertiary/aromatic N) is 3. The molecule has 0 amide bonds. The Kier molecular flexibility index (Phi) is 7.37. The molecule has 0 unspecified atom stereocenters. The van der Waals surface area contributed by atoms with Crippen molar-refractivity contribution in [2.75, 3.05) is 6.54 Å². The number of aliphatic imine (C=N–C) groups is 2. The Hall–Kier alpha value is -2.62. The third kappa shape index (κ3) is 7.66. The summed E-state index contributed by atoms with van der Waals surface area (Å²) in [5.74, 6) is -0.00861. The van der Waals surface area contributed by atoms with Crippen LogP contribution in [0, 0.1) is 0 Å². The molecule has 0 aromatic carbocycles. The van der Waals surface area contributed by atoms with E-state index in [1.54, 1.807) is 6.20 Å². The van der Waals surface area contributed by atoms with Crippen LogP contribution < -0.4 is 17.2 Å². The third-order valence-electron chi connectivity index (χ3n) is 2.86. The van der Waals surface area contributed by atoms with Crippen LogP contribution in [0.4, 0.5) is 13.2 Å². The molecule has 1 aliphatic rings. The Bertz CT molecular complexity index is 711. The number of nitrogens with two attached hydrogens (primary N) is 3. The minimum absolute atomic E-state index is 0.0861. The van der Waals surface area contributed by atoms with Gasteiger partial charge >= 0.3 is 6.18 Å². The van der Waals surface area contributed by atoms with E-state index in [9.17, 15) is 13.2 Å². The van der Waals surface area contributed by atoms with Gasteiger partial charge in [-0.05, 0) is 18.1 Å². The van der Waals surface area contributed by atoms with Crippen molar-refractivity contribution >= 4 is 35.4 Å². The van der Waals surface area contributed by atoms with Gasteiger partial charge in [0.05, 0.1) is 10.7 Å². The van der Waals surface area contributed by atoms with Gasteiger partial charge in [0, 0.05) is 24.7 Å². The van der Waals surface area contributed by atoms with E-state index in [0.29, 0.717) is 11.6 Å². The molecule has 11 heteroatoms. The molecule has 1 aromatic heterocycles. The number of pyridine rings is 1. The van der Waals surface area contributed by atoms with E-state index in [1.807, 2.05) is 6.07 Å². The largest absolute Gasteiger partial charge is 0.446 e. The van der Waals surface area contributed by atoms with Crippen LogP contribution in [0.15, 0.2) is 28.3 Å². The number of carbonyl (C=O) groups is 1. The lowest BCUT2D eigenvalue weighted by Crippen LogP contribution is -2.26. The highest BCUT2D eigenvalue weighted by molar-refractivity contribution is 6.30. The van der Waals surface area contributed by atoms with Crippen LogP contribution in [0.1, 0.15) is 17.7 Å². The molecule has 0 spiro atoms. The van der Waals surface area contributed by atoms with E-state index in [4.69, 9.17) is 33.6 Å². The lowest BCUT2D eigenvalue weighted by molar-refractivity contribution is -0.156. The second kappa shape index (κ2) is 9.02. The molecule has 1 heterocycles. The van der Waals surface area contributed by atoms with E-state index >= 15 is 0 Å². The average molecular weight is 377 g/mol. The number of aldehydes is 1. The molecule has 0 fully saturated rings. The second-order valence-corrected chi connectivity index (χ2v) is 5.20. The maximum Gasteiger partial charge on any atom is 0.446 e. The number of fused-ring (bicyclic) bond motifs is 1. The molecule has 1 aliphatic carbocycles. The summed E-state index contributed by atoms with van der Waals surface area (Å²) in [7, 11) is 0. The molecule has 25 heavy (non-hydrogen) atoms. The topological polar surface area (TPSA) is 133 Å². The summed E-state index contributed by atoms with van der Waals surface area (Å²) < 4.78 is 31.2. The molecule has 2 rings (SSSR count). The summed E-state index contributed by atoms with van der Waals surface area (Å²) in [5, 5.41) is 0.634. The highest BCUT2D eigenvalue weighted by Gasteiger charge is 2.24. The smallest absolute Gasteiger partial charge is 0.370 e. The number of alkyl halides is 3. The summed E-state index contributed by atoms with van der Waals surface area (Å²) in [4.78, 5) is 20.7. The SMILES string of the molecule is NC(N)=NC(N)=NCCC1=CCc2ncc(Cl)cc21.O=CC(F)(F)F. The van der Waals surface area contributed by atoms with Crippen molar-refractivity contribution in [1.82, 2.24) is 4.98 Å². The van der Waals surface area contributed by atoms with Crippen molar-refractivity contribution in [1.29, 1.82) is 0 Å². The number of aromatic nitrogens is 1. The fraction of sp³-hybridized carbons (Fsp3) is 0.286. The molecule has 0 radical (unpaired) electrons. The van der Waals surface area contributed by atoms with Gasteiger partial charge < -0.3 is 17.2 Å². The van der Waals surface area contributed by atoms with Crippen molar-refractivity contribution in [3.8, 4) is 0 Å². The lowest BCUT2D eigenvalue weighted by atomic mass is 10.1. The molecule has 0 aliphatic heterocycles. The summed E-state index contributed by atoms with van der Waals surface area (Å²) >= 11 is 5.95. The van der Waals surface area contributed by atoms with E-state index in [1.165, 1.54) is 5.57 Å². The fourth-order valence-electron chi connectivity index (χ4n) is 1.93. The van der Waals surface area contributed by atoms with Gasteiger partial charge in [-0.3, -0.25) is 14.8 Å². The number of hydrogen-bond donors (Lipinski definition) is 3. The summed E-state index contributed by atoms with van der Waals surface area (Å²) in [6.45, 7) is 0.514. The van der Waals surface area contributed by atoms with Gasteiger partial charge in [-0.15, -0.1) is 0 Å². The highest BCUT2D eigenvalue weighted by Crippen LogP contribution is 2.30. The van der Waals surface area contributed by atoms with Gasteiger partial charge in [0.15, 0.2) is 5.96 Å². The van der Waals surface area contributed by atoms with Crippen molar-refractivity contribution in [2.24, 2.45) is 27.2 Å². The van der Waals surface area contributed by atoms with Gasteiger partial charge in [0.25, 0.3) is 0 Å². The number of guanidine groups is 2. The van der Waals surface area contributed by atoms with Crippen molar-refractivity contribution in [3.63, 3.8) is 0 Å². The standard InChI is InChI=1S/C12H15ClN6.C2HF3O/c13-8-5-9-7(1-2-10(9)18-6-8)3-4-17-12(16)19-11(14)15;3-2(4,5)1-6/h1,5-6H,2-4H2,(H6,14,15,16,17,19);1H. The van der Waals surface area contributed by atoms with E-state index < -0.39 is 12.5 Å². The molecule has 1 aromatic rings. The van der Waals surface area contributed by atoms with E-state index in [0.717, 1.165) is 24.1 Å². The molecule has 136 valence electrons. The molecular formula is C14H16ClF3N6O. The van der Waals surface area contributed by atoms with Gasteiger partial charge in [-0.25, -0.2) is 0 Å². The van der Waals surface area contributed by atoms with E-state index in [2.05, 4.69) is 21.0 Å². The Labute approximate surface area is 146 Å². The molecule has 0 bridgehead atoms. The zero-order valence-electron chi connectivity index (χ0n) is 12.9. The second-order valence-electron chi connectivity index (χ2n) is 4.77. The normalized spacial score (nSPS) is 13.3. The number of rotatable bonds is 3. The molecular weight excluding hydrogens is 361 g/mol. The van der Waals surface area contributed by atoms with Crippen LogP contribution in [-0.4, -0.2) is 35.9 Å². The van der Waals surface area contributed by atoms with Crippen molar-refractivity contribution in [3.05, 3.63) is 34.6 Å². The first-order valence-corrected chi connectivity index (χ1v) is 7.26. The van der Waals surface area contributed by atoms with Gasteiger partial charge in [-0.2, -0.15) is 18.2 Å². The zero-order chi connectivity index (χ0) is 19.0. The van der Waals surface area contributed by atoms with Crippen LogP contribution in [-0.2, 0) is 11.2 Å². The maximum absolute atomic E-state index is 10.4. The van der Waals surface area contributed by atoms with Crippen LogP contribution in [0.25, 0.3) is 5.57 Å². The highest BCUT2D eigenvalue weighted by atomic mass is 35.5. The molecule has 0 atom stereocenters. The van der Waals surface area contributed by atoms with Gasteiger partial charge in [0.2, 0.25) is 12.2 Å². The molecule has 0 saturated carbocycles. The Morgan fingerprint density at radius 3 is 2.56 bits per heavy atom. The number of carbonyl (C=O) groups excluding carboxylic acids is 1. The van der Waals surface area contributed by atoms with Gasteiger partial charge in [-0.1, -0.05) is 17.7 Å². The van der Waals surface area contributed by atoms with Crippen LogP contribution in [0.2, 0.25) is 5.02 Å². The zero-order valence-corrected chi connectivity index (χ0v) is 13.7. The van der Waals surface area contributed by atoms with Gasteiger partial charge in [0.1, 0.15) is 0 Å². The first-order valence-electron chi connectivity index (χ1n) is 6.89. The average Bonchev–Trinajstić information content (AvgIpc) is 2.89. The quantitative estimate of drug-likeness (QED) is 0.416. The minimum Gasteiger partial charge on any atom is -0.370 e. The summed E-state index contributed by atoms with van der Waals surface area (Å²) in [6.07, 6.45) is -0.343. The fourth-order valence-corrected chi connectivity index (χ4v) is 2.09. The van der Waals surface area contributed by atoms with Crippen molar-refractivity contribution in [2.45, 2.75) is 19.0 Å². The summed E-state index contributed by atoms with van der Waals surface area (Å²) in [6, 6.07) is 1.92. The van der Waals surface area contributed by atoms with Crippen molar-refractivity contribution < 1.29 is 18.0 Å². The third-order valence-corrected chi connectivity index (χ3v) is 3.06. The number of hydrogen-bond acceptors (Lipinski definition) is 3. The Morgan fingerprint density at radius 1 is 1.36 bits per heavy atom. The minimum atomic E-state index is -4.64. The molecule has 7 nitrogen and oxygen atoms in total. The molecule has 0 saturated heterocycles. The number of allylic oxidation sites excluding steroid dienone is 1. The summed E-state index contributed by atoms with van der Waals surface area (Å²) in [5.41, 5.74) is 19.2. The number of halogens is 4. The first kappa shape index (κ1) is 20.4. The monoisotopic (exact) mass is 376 g/mol. The maximum atomic E-state index is 10.4. The lowest BCUT2D eigenvalue weighted by Gasteiger charge is -2.04. The first-order chi connectivity index (χ1) is 11.6. The van der Waals surface area contributed by atoms with E-state index in [-0.39, 0.29) is 11.9 Å². The molecule has 6 N–H and O–H groups in total. The van der Waals surface area contributed by atoms with Crippen LogP contribution in [0.5, 0.6) is 0 Å². The predicted molar refractivity (Wildman–Crippen MR) is 90.0 cm³/mol. The Balaban J connectivity index is 0.000000450. The predicted octanol–water partition coefficient (Wildman–Crippen LogP) is 1.40. The van der Waals surface area contributed by atoms with Crippen LogP contribution >= 0.6 is 11.6 Å². The van der Waals surface area contributed by atoms with Crippen LogP contribution in [0.3, 0.4) is 0 Å².